The van der Waals surface area contributed by atoms with Crippen molar-refractivity contribution < 1.29 is 19.4 Å². The number of halogens is 1. The number of para-hydroxylation sites is 1. The van der Waals surface area contributed by atoms with Gasteiger partial charge in [-0.1, -0.05) is 18.2 Å². The van der Waals surface area contributed by atoms with Gasteiger partial charge >= 0.3 is 12.3 Å². The van der Waals surface area contributed by atoms with Gasteiger partial charge in [0.2, 0.25) is 0 Å². The van der Waals surface area contributed by atoms with E-state index in [1.165, 1.54) is 0 Å². The van der Waals surface area contributed by atoms with Crippen LogP contribution in [0.1, 0.15) is 0 Å². The summed E-state index contributed by atoms with van der Waals surface area (Å²) in [5, 5.41) is 9.10. The van der Waals surface area contributed by atoms with Crippen LogP contribution in [-0.2, 0) is 4.79 Å². The highest BCUT2D eigenvalue weighted by molar-refractivity contribution is 14.1. The van der Waals surface area contributed by atoms with Crippen LogP contribution in [0.3, 0.4) is 0 Å². The van der Waals surface area contributed by atoms with Gasteiger partial charge in [0.25, 0.3) is 0 Å². The van der Waals surface area contributed by atoms with Crippen LogP contribution < -0.4 is 9.47 Å². The van der Waals surface area contributed by atoms with Gasteiger partial charge in [0.05, 0.1) is 0 Å². The van der Waals surface area contributed by atoms with Gasteiger partial charge in [-0.2, -0.15) is 0 Å². The van der Waals surface area contributed by atoms with Gasteiger partial charge in [-0.3, -0.25) is 0 Å². The smallest absolute Gasteiger partial charge is 0.387 e. The highest BCUT2D eigenvalue weighted by Crippen LogP contribution is 2.17. The maximum Gasteiger partial charge on any atom is 0.387 e. The Kier molecular flexibility index (Phi) is 4.62. The van der Waals surface area contributed by atoms with E-state index in [0.29, 0.717) is 11.5 Å². The molecular weight excluding hydrogens is 359 g/mol. The van der Waals surface area contributed by atoms with Crippen LogP contribution in [0.4, 0.5) is 0 Å². The third-order valence-corrected chi connectivity index (χ3v) is 2.96. The van der Waals surface area contributed by atoms with Crippen molar-refractivity contribution >= 4 is 28.6 Å². The van der Waals surface area contributed by atoms with Crippen LogP contribution in [0.5, 0.6) is 11.5 Å². The van der Waals surface area contributed by atoms with Crippen LogP contribution >= 0.6 is 22.6 Å². The molecule has 1 N–H and O–H groups in total. The molecule has 0 aliphatic rings. The van der Waals surface area contributed by atoms with E-state index >= 15 is 0 Å². The first-order valence-corrected chi connectivity index (χ1v) is 6.60. The minimum atomic E-state index is -1.37. The highest BCUT2D eigenvalue weighted by Gasteiger charge is 2.21. The first kappa shape index (κ1) is 13.7. The normalized spacial score (nSPS) is 11.6. The molecule has 2 aromatic rings. The van der Waals surface area contributed by atoms with Crippen molar-refractivity contribution in [3.8, 4) is 11.5 Å². The number of hydrogen-bond acceptors (Lipinski definition) is 3. The second kappa shape index (κ2) is 6.42. The van der Waals surface area contributed by atoms with E-state index in [-0.39, 0.29) is 0 Å². The van der Waals surface area contributed by atoms with E-state index in [9.17, 15) is 4.79 Å². The Morgan fingerprint density at radius 1 is 0.947 bits per heavy atom. The second-order valence-electron chi connectivity index (χ2n) is 3.67. The monoisotopic (exact) mass is 370 g/mol. The van der Waals surface area contributed by atoms with E-state index in [1.807, 2.05) is 18.2 Å². The number of benzene rings is 2. The summed E-state index contributed by atoms with van der Waals surface area (Å²) < 4.78 is 11.6. The minimum absolute atomic E-state index is 0.445. The summed E-state index contributed by atoms with van der Waals surface area (Å²) in [6.07, 6.45) is -1.37. The fourth-order valence-corrected chi connectivity index (χ4v) is 1.74. The predicted molar refractivity (Wildman–Crippen MR) is 78.3 cm³/mol. The summed E-state index contributed by atoms with van der Waals surface area (Å²) in [5.74, 6) is -0.286. The Balaban J connectivity index is 2.08. The van der Waals surface area contributed by atoms with Crippen molar-refractivity contribution in [3.63, 3.8) is 0 Å². The van der Waals surface area contributed by atoms with Crippen LogP contribution in [0.15, 0.2) is 54.6 Å². The summed E-state index contributed by atoms with van der Waals surface area (Å²) in [7, 11) is 0. The third kappa shape index (κ3) is 4.13. The van der Waals surface area contributed by atoms with Crippen molar-refractivity contribution in [2.45, 2.75) is 6.29 Å². The van der Waals surface area contributed by atoms with Gasteiger partial charge in [0.1, 0.15) is 11.5 Å². The SMILES string of the molecule is O=C(O)C(Oc1ccccc1)Oc1ccc(I)cc1. The lowest BCUT2D eigenvalue weighted by Gasteiger charge is -2.16. The molecular formula is C14H11IO4. The molecule has 0 spiro atoms. The van der Waals surface area contributed by atoms with Gasteiger partial charge in [0, 0.05) is 3.57 Å². The fourth-order valence-electron chi connectivity index (χ4n) is 1.38. The molecule has 4 nitrogen and oxygen atoms in total. The summed E-state index contributed by atoms with van der Waals surface area (Å²) >= 11 is 2.16. The van der Waals surface area contributed by atoms with E-state index in [1.54, 1.807) is 36.4 Å². The Labute approximate surface area is 124 Å². The number of ether oxygens (including phenoxy) is 2. The van der Waals surface area contributed by atoms with Gasteiger partial charge in [-0.05, 0) is 59.0 Å². The summed E-state index contributed by atoms with van der Waals surface area (Å²) in [5.41, 5.74) is 0. The van der Waals surface area contributed by atoms with Gasteiger partial charge in [-0.15, -0.1) is 0 Å². The molecule has 0 aliphatic carbocycles. The molecule has 0 amide bonds. The molecule has 0 bridgehead atoms. The number of carbonyl (C=O) groups is 1. The third-order valence-electron chi connectivity index (χ3n) is 2.24. The highest BCUT2D eigenvalue weighted by atomic mass is 127. The fraction of sp³-hybridized carbons (Fsp3) is 0.0714. The molecule has 2 rings (SSSR count). The van der Waals surface area contributed by atoms with Crippen molar-refractivity contribution in [3.05, 3.63) is 58.2 Å². The molecule has 0 saturated carbocycles. The van der Waals surface area contributed by atoms with Crippen LogP contribution in [0.25, 0.3) is 0 Å². The lowest BCUT2D eigenvalue weighted by Crippen LogP contribution is -2.33. The number of rotatable bonds is 5. The van der Waals surface area contributed by atoms with Crippen molar-refractivity contribution in [2.24, 2.45) is 0 Å². The molecule has 2 aromatic carbocycles. The van der Waals surface area contributed by atoms with E-state index in [2.05, 4.69) is 22.6 Å². The van der Waals surface area contributed by atoms with Crippen LogP contribution in [-0.4, -0.2) is 17.4 Å². The topological polar surface area (TPSA) is 55.8 Å². The predicted octanol–water partition coefficient (Wildman–Crippen LogP) is 3.16. The number of hydrogen-bond donors (Lipinski definition) is 1. The molecule has 19 heavy (non-hydrogen) atoms. The lowest BCUT2D eigenvalue weighted by atomic mass is 10.3. The number of carboxylic acids is 1. The number of aliphatic carboxylic acids is 1. The standard InChI is InChI=1S/C14H11IO4/c15-10-6-8-12(9-7-10)19-14(13(16)17)18-11-4-2-1-3-5-11/h1-9,14H,(H,16,17). The molecule has 1 atom stereocenters. The molecule has 0 heterocycles. The molecule has 98 valence electrons. The summed E-state index contributed by atoms with van der Waals surface area (Å²) in [6, 6.07) is 15.8. The molecule has 0 aliphatic heterocycles. The van der Waals surface area contributed by atoms with Gasteiger partial charge in [0.15, 0.2) is 0 Å². The average Bonchev–Trinajstić information content (AvgIpc) is 2.41. The van der Waals surface area contributed by atoms with E-state index in [4.69, 9.17) is 14.6 Å². The van der Waals surface area contributed by atoms with Crippen molar-refractivity contribution in [1.82, 2.24) is 0 Å². The molecule has 0 radical (unpaired) electrons. The molecule has 0 fully saturated rings. The Hall–Kier alpha value is -1.76. The quantitative estimate of drug-likeness (QED) is 0.649. The minimum Gasteiger partial charge on any atom is -0.476 e. The van der Waals surface area contributed by atoms with Crippen LogP contribution in [0, 0.1) is 3.57 Å². The summed E-state index contributed by atoms with van der Waals surface area (Å²) in [4.78, 5) is 11.1. The number of carboxylic acid groups (broad SMARTS) is 1. The zero-order valence-electron chi connectivity index (χ0n) is 9.82. The molecule has 0 aromatic heterocycles. The maximum absolute atomic E-state index is 11.1. The maximum atomic E-state index is 11.1. The van der Waals surface area contributed by atoms with Crippen LogP contribution in [0.2, 0.25) is 0 Å². The zero-order chi connectivity index (χ0) is 13.7. The first-order valence-electron chi connectivity index (χ1n) is 5.52. The second-order valence-corrected chi connectivity index (χ2v) is 4.92. The molecule has 5 heteroatoms. The largest absolute Gasteiger partial charge is 0.476 e. The van der Waals surface area contributed by atoms with E-state index < -0.39 is 12.3 Å². The average molecular weight is 370 g/mol. The Morgan fingerprint density at radius 2 is 1.47 bits per heavy atom. The molecule has 0 saturated heterocycles. The Bertz CT molecular complexity index is 539. The Morgan fingerprint density at radius 3 is 2.00 bits per heavy atom. The molecule has 1 unspecified atom stereocenters. The van der Waals surface area contributed by atoms with Gasteiger partial charge in [-0.25, -0.2) is 4.79 Å². The lowest BCUT2D eigenvalue weighted by molar-refractivity contribution is -0.158. The first-order chi connectivity index (χ1) is 9.15. The van der Waals surface area contributed by atoms with Crippen molar-refractivity contribution in [1.29, 1.82) is 0 Å². The van der Waals surface area contributed by atoms with Gasteiger partial charge < -0.3 is 14.6 Å². The zero-order valence-corrected chi connectivity index (χ0v) is 12.0. The van der Waals surface area contributed by atoms with Crippen molar-refractivity contribution in [2.75, 3.05) is 0 Å². The van der Waals surface area contributed by atoms with E-state index in [0.717, 1.165) is 3.57 Å². The summed E-state index contributed by atoms with van der Waals surface area (Å²) in [6.45, 7) is 0.